The summed E-state index contributed by atoms with van der Waals surface area (Å²) in [6, 6.07) is 5.36. The molecular weight excluding hydrogens is 206 g/mol. The van der Waals surface area contributed by atoms with Gasteiger partial charge in [0.2, 0.25) is 0 Å². The van der Waals surface area contributed by atoms with Crippen LogP contribution in [0.15, 0.2) is 18.2 Å². The maximum absolute atomic E-state index is 9.46. The molecule has 0 amide bonds. The van der Waals surface area contributed by atoms with E-state index in [4.69, 9.17) is 9.84 Å². The van der Waals surface area contributed by atoms with E-state index >= 15 is 0 Å². The van der Waals surface area contributed by atoms with Gasteiger partial charge in [-0.1, -0.05) is 6.07 Å². The Morgan fingerprint density at radius 1 is 1.38 bits per heavy atom. The molecule has 0 aliphatic heterocycles. The van der Waals surface area contributed by atoms with Gasteiger partial charge in [-0.3, -0.25) is 0 Å². The number of methoxy groups -OCH3 is 1. The molecule has 2 atom stereocenters. The van der Waals surface area contributed by atoms with Crippen molar-refractivity contribution >= 4 is 0 Å². The molecule has 1 aromatic carbocycles. The minimum atomic E-state index is 0.0368. The summed E-state index contributed by atoms with van der Waals surface area (Å²) in [5, 5.41) is 21.6. The van der Waals surface area contributed by atoms with Gasteiger partial charge in [-0.25, -0.2) is 0 Å². The predicted octanol–water partition coefficient (Wildman–Crippen LogP) is 1.43. The highest BCUT2D eigenvalue weighted by Gasteiger charge is 2.11. The van der Waals surface area contributed by atoms with E-state index in [-0.39, 0.29) is 24.4 Å². The van der Waals surface area contributed by atoms with Crippen LogP contribution in [0.2, 0.25) is 0 Å². The van der Waals surface area contributed by atoms with Gasteiger partial charge in [-0.2, -0.15) is 0 Å². The van der Waals surface area contributed by atoms with Crippen molar-refractivity contribution in [2.75, 3.05) is 13.7 Å². The number of hydrogen-bond acceptors (Lipinski definition) is 4. The first kappa shape index (κ1) is 12.8. The molecule has 0 saturated carbocycles. The molecule has 0 fully saturated rings. The molecule has 0 aliphatic rings. The maximum atomic E-state index is 9.46. The Hall–Kier alpha value is -1.26. The summed E-state index contributed by atoms with van der Waals surface area (Å²) in [4.78, 5) is 0. The smallest absolute Gasteiger partial charge is 0.160 e. The molecule has 0 aromatic heterocycles. The molecule has 0 spiro atoms. The lowest BCUT2D eigenvalue weighted by atomic mass is 10.1. The van der Waals surface area contributed by atoms with Gasteiger partial charge in [0.25, 0.3) is 0 Å². The topological polar surface area (TPSA) is 61.7 Å². The van der Waals surface area contributed by atoms with Crippen molar-refractivity contribution in [2.24, 2.45) is 0 Å². The van der Waals surface area contributed by atoms with Crippen LogP contribution in [0.3, 0.4) is 0 Å². The van der Waals surface area contributed by atoms with Crippen LogP contribution in [-0.4, -0.2) is 30.0 Å². The van der Waals surface area contributed by atoms with Crippen LogP contribution >= 0.6 is 0 Å². The highest BCUT2D eigenvalue weighted by atomic mass is 16.5. The number of nitrogens with one attached hydrogen (secondary N) is 1. The first-order valence-electron chi connectivity index (χ1n) is 5.32. The fourth-order valence-corrected chi connectivity index (χ4v) is 1.54. The van der Waals surface area contributed by atoms with Gasteiger partial charge in [0.05, 0.1) is 13.7 Å². The van der Waals surface area contributed by atoms with Gasteiger partial charge in [0.1, 0.15) is 0 Å². The predicted molar refractivity (Wildman–Crippen MR) is 62.8 cm³/mol. The lowest BCUT2D eigenvalue weighted by molar-refractivity contribution is 0.243. The second-order valence-corrected chi connectivity index (χ2v) is 3.90. The number of phenols is 1. The van der Waals surface area contributed by atoms with Crippen LogP contribution in [-0.2, 0) is 0 Å². The molecule has 3 N–H and O–H groups in total. The number of hydrogen-bond donors (Lipinski definition) is 3. The summed E-state index contributed by atoms with van der Waals surface area (Å²) in [5.41, 5.74) is 1.01. The third-order valence-electron chi connectivity index (χ3n) is 2.51. The molecule has 0 heterocycles. The van der Waals surface area contributed by atoms with E-state index in [0.717, 1.165) is 5.56 Å². The Labute approximate surface area is 95.9 Å². The number of rotatable bonds is 5. The van der Waals surface area contributed by atoms with Crippen LogP contribution < -0.4 is 10.1 Å². The molecule has 4 nitrogen and oxygen atoms in total. The molecule has 1 rings (SSSR count). The Kier molecular flexibility index (Phi) is 4.58. The lowest BCUT2D eigenvalue weighted by Crippen LogP contribution is -2.31. The van der Waals surface area contributed by atoms with E-state index in [1.54, 1.807) is 12.1 Å². The molecule has 0 saturated heterocycles. The molecular formula is C12H19NO3. The molecule has 0 bridgehead atoms. The number of benzene rings is 1. The Balaban J connectivity index is 2.79. The van der Waals surface area contributed by atoms with Crippen LogP contribution in [0, 0.1) is 0 Å². The number of phenolic OH excluding ortho intramolecular Hbond substituents is 1. The standard InChI is InChI=1S/C12H19NO3/c1-8(7-14)13-9(2)10-4-5-11(15)12(6-10)16-3/h4-6,8-9,13-15H,7H2,1-3H3. The van der Waals surface area contributed by atoms with E-state index in [1.165, 1.54) is 7.11 Å². The third-order valence-corrected chi connectivity index (χ3v) is 2.51. The maximum Gasteiger partial charge on any atom is 0.160 e. The summed E-state index contributed by atoms with van der Waals surface area (Å²) in [7, 11) is 1.52. The molecule has 90 valence electrons. The van der Waals surface area contributed by atoms with Crippen molar-refractivity contribution in [3.63, 3.8) is 0 Å². The van der Waals surface area contributed by atoms with Crippen molar-refractivity contribution < 1.29 is 14.9 Å². The Morgan fingerprint density at radius 2 is 2.06 bits per heavy atom. The van der Waals surface area contributed by atoms with Crippen LogP contribution in [0.25, 0.3) is 0 Å². The fourth-order valence-electron chi connectivity index (χ4n) is 1.54. The molecule has 0 aliphatic carbocycles. The third kappa shape index (κ3) is 3.12. The monoisotopic (exact) mass is 225 g/mol. The zero-order chi connectivity index (χ0) is 12.1. The number of aliphatic hydroxyl groups excluding tert-OH is 1. The van der Waals surface area contributed by atoms with E-state index in [1.807, 2.05) is 19.9 Å². The first-order chi connectivity index (χ1) is 7.58. The molecule has 2 unspecified atom stereocenters. The summed E-state index contributed by atoms with van der Waals surface area (Å²) < 4.78 is 5.04. The van der Waals surface area contributed by atoms with E-state index in [2.05, 4.69) is 5.32 Å². The summed E-state index contributed by atoms with van der Waals surface area (Å²) in [6.45, 7) is 4.01. The number of ether oxygens (including phenoxy) is 1. The zero-order valence-electron chi connectivity index (χ0n) is 9.90. The lowest BCUT2D eigenvalue weighted by Gasteiger charge is -2.19. The van der Waals surface area contributed by atoms with Gasteiger partial charge < -0.3 is 20.3 Å². The number of aliphatic hydroxyl groups is 1. The molecule has 16 heavy (non-hydrogen) atoms. The first-order valence-corrected chi connectivity index (χ1v) is 5.32. The fraction of sp³-hybridized carbons (Fsp3) is 0.500. The van der Waals surface area contributed by atoms with Crippen molar-refractivity contribution in [1.82, 2.24) is 5.32 Å². The van der Waals surface area contributed by atoms with Gasteiger partial charge in [-0.15, -0.1) is 0 Å². The Morgan fingerprint density at radius 3 is 2.62 bits per heavy atom. The van der Waals surface area contributed by atoms with Gasteiger partial charge >= 0.3 is 0 Å². The van der Waals surface area contributed by atoms with Crippen molar-refractivity contribution in [3.05, 3.63) is 23.8 Å². The van der Waals surface area contributed by atoms with Gasteiger partial charge in [-0.05, 0) is 31.5 Å². The minimum absolute atomic E-state index is 0.0368. The quantitative estimate of drug-likeness (QED) is 0.709. The average Bonchev–Trinajstić information content (AvgIpc) is 2.29. The van der Waals surface area contributed by atoms with Crippen molar-refractivity contribution in [3.8, 4) is 11.5 Å². The van der Waals surface area contributed by atoms with E-state index in [9.17, 15) is 5.11 Å². The summed E-state index contributed by atoms with van der Waals surface area (Å²) in [6.07, 6.45) is 0. The molecule has 4 heteroatoms. The van der Waals surface area contributed by atoms with Gasteiger partial charge in [0.15, 0.2) is 11.5 Å². The molecule has 1 aromatic rings. The molecule has 0 radical (unpaired) electrons. The SMILES string of the molecule is COc1cc(C(C)NC(C)CO)ccc1O. The largest absolute Gasteiger partial charge is 0.504 e. The zero-order valence-corrected chi connectivity index (χ0v) is 9.90. The van der Waals surface area contributed by atoms with Crippen molar-refractivity contribution in [2.45, 2.75) is 25.9 Å². The second kappa shape index (κ2) is 5.72. The highest BCUT2D eigenvalue weighted by Crippen LogP contribution is 2.28. The average molecular weight is 225 g/mol. The normalized spacial score (nSPS) is 14.5. The van der Waals surface area contributed by atoms with E-state index in [0.29, 0.717) is 5.75 Å². The summed E-state index contributed by atoms with van der Waals surface area (Å²) in [5.74, 6) is 0.594. The highest BCUT2D eigenvalue weighted by molar-refractivity contribution is 5.42. The minimum Gasteiger partial charge on any atom is -0.504 e. The second-order valence-electron chi connectivity index (χ2n) is 3.90. The Bertz CT molecular complexity index is 341. The van der Waals surface area contributed by atoms with Crippen LogP contribution in [0.4, 0.5) is 0 Å². The number of aromatic hydroxyl groups is 1. The summed E-state index contributed by atoms with van der Waals surface area (Å²) >= 11 is 0. The van der Waals surface area contributed by atoms with Crippen LogP contribution in [0.1, 0.15) is 25.5 Å². The van der Waals surface area contributed by atoms with Crippen LogP contribution in [0.5, 0.6) is 11.5 Å². The van der Waals surface area contributed by atoms with Crippen molar-refractivity contribution in [1.29, 1.82) is 0 Å². The van der Waals surface area contributed by atoms with E-state index < -0.39 is 0 Å². The van der Waals surface area contributed by atoms with Gasteiger partial charge in [0, 0.05) is 12.1 Å².